The highest BCUT2D eigenvalue weighted by atomic mass is 16.6. The number of aromatic nitrogens is 1. The van der Waals surface area contributed by atoms with Crippen molar-refractivity contribution in [1.29, 1.82) is 0 Å². The standard InChI is InChI=1S/C24H26N2O4/c1-16-7-11-19(12-8-16)25-15-21(29-22(25)27)18(3)26(23(28)30-24(4,5)6)20-13-9-17(2)10-14-20/h7-15H,3H2,1-2,4-6H3. The molecule has 30 heavy (non-hydrogen) atoms. The Labute approximate surface area is 176 Å². The minimum Gasteiger partial charge on any atom is -0.443 e. The van der Waals surface area contributed by atoms with Crippen LogP contribution in [0.25, 0.3) is 11.4 Å². The average Bonchev–Trinajstić information content (AvgIpc) is 3.04. The van der Waals surface area contributed by atoms with Gasteiger partial charge in [0.15, 0.2) is 5.76 Å². The number of anilines is 1. The van der Waals surface area contributed by atoms with Crippen molar-refractivity contribution >= 4 is 17.5 Å². The van der Waals surface area contributed by atoms with Crippen molar-refractivity contribution in [3.05, 3.63) is 88.7 Å². The summed E-state index contributed by atoms with van der Waals surface area (Å²) >= 11 is 0. The Morgan fingerprint density at radius 1 is 1.00 bits per heavy atom. The molecule has 0 N–H and O–H groups in total. The van der Waals surface area contributed by atoms with E-state index in [4.69, 9.17) is 9.15 Å². The number of amides is 1. The van der Waals surface area contributed by atoms with Gasteiger partial charge in [0.1, 0.15) is 5.60 Å². The van der Waals surface area contributed by atoms with Crippen molar-refractivity contribution in [2.24, 2.45) is 0 Å². The van der Waals surface area contributed by atoms with E-state index in [1.807, 2.05) is 50.2 Å². The van der Waals surface area contributed by atoms with Crippen molar-refractivity contribution in [3.8, 4) is 5.69 Å². The molecule has 0 aliphatic rings. The van der Waals surface area contributed by atoms with Crippen LogP contribution in [0.3, 0.4) is 0 Å². The zero-order valence-electron chi connectivity index (χ0n) is 17.9. The molecule has 3 aromatic rings. The van der Waals surface area contributed by atoms with Gasteiger partial charge in [-0.05, 0) is 58.9 Å². The molecule has 0 bridgehead atoms. The fraction of sp³-hybridized carbons (Fsp3) is 0.250. The van der Waals surface area contributed by atoms with E-state index in [2.05, 4.69) is 6.58 Å². The first-order valence-corrected chi connectivity index (χ1v) is 9.64. The summed E-state index contributed by atoms with van der Waals surface area (Å²) in [5, 5.41) is 0. The summed E-state index contributed by atoms with van der Waals surface area (Å²) < 4.78 is 12.4. The predicted molar refractivity (Wildman–Crippen MR) is 118 cm³/mol. The van der Waals surface area contributed by atoms with Gasteiger partial charge >= 0.3 is 11.8 Å². The average molecular weight is 406 g/mol. The zero-order valence-corrected chi connectivity index (χ0v) is 17.9. The highest BCUT2D eigenvalue weighted by Gasteiger charge is 2.28. The van der Waals surface area contributed by atoms with Gasteiger partial charge in [-0.1, -0.05) is 42.0 Å². The Balaban J connectivity index is 2.01. The molecule has 0 fully saturated rings. The summed E-state index contributed by atoms with van der Waals surface area (Å²) in [6, 6.07) is 14.8. The van der Waals surface area contributed by atoms with Gasteiger partial charge in [-0.25, -0.2) is 19.1 Å². The molecule has 0 spiro atoms. The number of nitrogens with zero attached hydrogens (tertiary/aromatic N) is 2. The zero-order chi connectivity index (χ0) is 22.1. The highest BCUT2D eigenvalue weighted by Crippen LogP contribution is 2.28. The smallest absolute Gasteiger partial charge is 0.424 e. The molecule has 0 aliphatic heterocycles. The molecule has 0 saturated heterocycles. The van der Waals surface area contributed by atoms with E-state index in [0.717, 1.165) is 11.1 Å². The summed E-state index contributed by atoms with van der Waals surface area (Å²) in [6.07, 6.45) is 0.919. The van der Waals surface area contributed by atoms with Crippen LogP contribution in [0.4, 0.5) is 10.5 Å². The maximum absolute atomic E-state index is 13.0. The second-order valence-electron chi connectivity index (χ2n) is 8.16. The molecule has 6 nitrogen and oxygen atoms in total. The summed E-state index contributed by atoms with van der Waals surface area (Å²) in [6.45, 7) is 13.3. The molecule has 3 rings (SSSR count). The minimum atomic E-state index is -0.699. The molecule has 1 aromatic heterocycles. The number of hydrogen-bond acceptors (Lipinski definition) is 4. The van der Waals surface area contributed by atoms with Crippen LogP contribution in [-0.2, 0) is 4.74 Å². The van der Waals surface area contributed by atoms with E-state index < -0.39 is 17.5 Å². The molecule has 0 atom stereocenters. The first kappa shape index (κ1) is 21.2. The van der Waals surface area contributed by atoms with Gasteiger partial charge < -0.3 is 9.15 Å². The molecule has 0 unspecified atom stereocenters. The molecule has 0 aliphatic carbocycles. The van der Waals surface area contributed by atoms with Gasteiger partial charge in [0.25, 0.3) is 0 Å². The summed E-state index contributed by atoms with van der Waals surface area (Å²) in [5.41, 5.74) is 2.85. The predicted octanol–water partition coefficient (Wildman–Crippen LogP) is 5.46. The lowest BCUT2D eigenvalue weighted by atomic mass is 10.2. The van der Waals surface area contributed by atoms with E-state index in [1.54, 1.807) is 32.9 Å². The van der Waals surface area contributed by atoms with Gasteiger partial charge in [0, 0.05) is 0 Å². The number of rotatable bonds is 4. The van der Waals surface area contributed by atoms with Gasteiger partial charge in [-0.2, -0.15) is 0 Å². The molecule has 6 heteroatoms. The van der Waals surface area contributed by atoms with Crippen LogP contribution in [-0.4, -0.2) is 16.3 Å². The number of aryl methyl sites for hydroxylation is 2. The van der Waals surface area contributed by atoms with Gasteiger partial charge in [-0.3, -0.25) is 0 Å². The number of ether oxygens (including phenoxy) is 1. The van der Waals surface area contributed by atoms with E-state index in [0.29, 0.717) is 11.4 Å². The molecule has 0 saturated carbocycles. The third kappa shape index (κ3) is 4.71. The summed E-state index contributed by atoms with van der Waals surface area (Å²) in [4.78, 5) is 26.7. The molecule has 156 valence electrons. The normalized spacial score (nSPS) is 11.2. The number of benzene rings is 2. The largest absolute Gasteiger partial charge is 0.443 e. The monoisotopic (exact) mass is 406 g/mol. The van der Waals surface area contributed by atoms with Crippen LogP contribution >= 0.6 is 0 Å². The summed E-state index contributed by atoms with van der Waals surface area (Å²) in [5.74, 6) is -0.393. The Kier molecular flexibility index (Phi) is 5.69. The van der Waals surface area contributed by atoms with Crippen LogP contribution < -0.4 is 10.7 Å². The number of oxazole rings is 1. The van der Waals surface area contributed by atoms with Crippen molar-refractivity contribution < 1.29 is 13.9 Å². The van der Waals surface area contributed by atoms with Crippen molar-refractivity contribution in [2.75, 3.05) is 4.90 Å². The quantitative estimate of drug-likeness (QED) is 0.577. The Bertz CT molecular complexity index is 1110. The lowest BCUT2D eigenvalue weighted by molar-refractivity contribution is 0.0600. The molecular weight excluding hydrogens is 380 g/mol. The van der Waals surface area contributed by atoms with Gasteiger partial charge in [0.05, 0.1) is 23.3 Å². The minimum absolute atomic E-state index is 0.173. The lowest BCUT2D eigenvalue weighted by Gasteiger charge is -2.28. The fourth-order valence-electron chi connectivity index (χ4n) is 2.84. The van der Waals surface area contributed by atoms with Gasteiger partial charge in [0.2, 0.25) is 0 Å². The third-order valence-electron chi connectivity index (χ3n) is 4.38. The lowest BCUT2D eigenvalue weighted by Crippen LogP contribution is -2.35. The summed E-state index contributed by atoms with van der Waals surface area (Å²) in [7, 11) is 0. The molecule has 2 aromatic carbocycles. The first-order chi connectivity index (χ1) is 14.0. The highest BCUT2D eigenvalue weighted by molar-refractivity contribution is 6.01. The number of hydrogen-bond donors (Lipinski definition) is 0. The fourth-order valence-corrected chi connectivity index (χ4v) is 2.84. The Hall–Kier alpha value is -3.54. The Morgan fingerprint density at radius 3 is 2.07 bits per heavy atom. The first-order valence-electron chi connectivity index (χ1n) is 9.64. The molecule has 1 amide bonds. The van der Waals surface area contributed by atoms with Crippen molar-refractivity contribution in [1.82, 2.24) is 4.57 Å². The van der Waals surface area contributed by atoms with Crippen LogP contribution in [0.5, 0.6) is 0 Å². The van der Waals surface area contributed by atoms with E-state index in [1.165, 1.54) is 15.7 Å². The van der Waals surface area contributed by atoms with E-state index in [-0.39, 0.29) is 11.5 Å². The molecule has 0 radical (unpaired) electrons. The molecular formula is C24H26N2O4. The van der Waals surface area contributed by atoms with Crippen LogP contribution in [0.1, 0.15) is 37.7 Å². The van der Waals surface area contributed by atoms with Crippen molar-refractivity contribution in [2.45, 2.75) is 40.2 Å². The second-order valence-corrected chi connectivity index (χ2v) is 8.16. The number of carbonyl (C=O) groups excluding carboxylic acids is 1. The van der Waals surface area contributed by atoms with Crippen LogP contribution in [0, 0.1) is 13.8 Å². The van der Waals surface area contributed by atoms with E-state index >= 15 is 0 Å². The topological polar surface area (TPSA) is 64.7 Å². The SMILES string of the molecule is C=C(c1cn(-c2ccc(C)cc2)c(=O)o1)N(C(=O)OC(C)(C)C)c1ccc(C)cc1. The maximum Gasteiger partial charge on any atom is 0.424 e. The molecule has 1 heterocycles. The maximum atomic E-state index is 13.0. The third-order valence-corrected chi connectivity index (χ3v) is 4.38. The number of carbonyl (C=O) groups is 1. The Morgan fingerprint density at radius 2 is 1.53 bits per heavy atom. The van der Waals surface area contributed by atoms with Gasteiger partial charge in [-0.15, -0.1) is 0 Å². The van der Waals surface area contributed by atoms with Crippen molar-refractivity contribution in [3.63, 3.8) is 0 Å². The van der Waals surface area contributed by atoms with Crippen LogP contribution in [0.15, 0.2) is 70.5 Å². The van der Waals surface area contributed by atoms with E-state index in [9.17, 15) is 9.59 Å². The second kappa shape index (κ2) is 8.06. The van der Waals surface area contributed by atoms with Crippen LogP contribution in [0.2, 0.25) is 0 Å².